The molecule has 0 aromatic rings. The lowest BCUT2D eigenvalue weighted by Crippen LogP contribution is -2.54. The van der Waals surface area contributed by atoms with Gasteiger partial charge in [0.2, 0.25) is 0 Å². The Kier molecular flexibility index (Phi) is 5.75. The van der Waals surface area contributed by atoms with Crippen LogP contribution in [0, 0.1) is 5.92 Å². The number of urea groups is 1. The predicted molar refractivity (Wildman–Crippen MR) is 81.6 cm³/mol. The zero-order valence-electron chi connectivity index (χ0n) is 12.7. The zero-order chi connectivity index (χ0) is 15.4. The van der Waals surface area contributed by atoms with E-state index in [9.17, 15) is 14.7 Å². The Morgan fingerprint density at radius 2 is 2.14 bits per heavy atom. The molecular formula is C14H24N2O4S. The van der Waals surface area contributed by atoms with Gasteiger partial charge in [-0.1, -0.05) is 6.92 Å². The van der Waals surface area contributed by atoms with E-state index in [0.717, 1.165) is 25.3 Å². The lowest BCUT2D eigenvalue weighted by atomic mass is 10.0. The number of carboxylic acids is 1. The molecule has 0 radical (unpaired) electrons. The fraction of sp³-hybridized carbons (Fsp3) is 0.857. The third kappa shape index (κ3) is 3.63. The first-order valence-corrected chi connectivity index (χ1v) is 8.61. The molecule has 0 aromatic carbocycles. The summed E-state index contributed by atoms with van der Waals surface area (Å²) in [5.74, 6) is -0.551. The molecule has 6 nitrogen and oxygen atoms in total. The highest BCUT2D eigenvalue weighted by molar-refractivity contribution is 8.00. The van der Waals surface area contributed by atoms with Crippen LogP contribution >= 0.6 is 11.8 Å². The van der Waals surface area contributed by atoms with Crippen molar-refractivity contribution in [2.24, 2.45) is 5.92 Å². The van der Waals surface area contributed by atoms with Crippen LogP contribution in [-0.2, 0) is 9.53 Å². The summed E-state index contributed by atoms with van der Waals surface area (Å²) in [6.07, 6.45) is 1.05. The maximum atomic E-state index is 12.7. The third-order valence-electron chi connectivity index (χ3n) is 4.22. The van der Waals surface area contributed by atoms with Crippen molar-refractivity contribution < 1.29 is 19.4 Å². The van der Waals surface area contributed by atoms with Gasteiger partial charge >= 0.3 is 12.0 Å². The van der Waals surface area contributed by atoms with Crippen LogP contribution in [0.1, 0.15) is 20.3 Å². The average Bonchev–Trinajstić information content (AvgIpc) is 2.97. The number of likely N-dealkylation sites (N-methyl/N-ethyl adjacent to an activating group) is 1. The molecule has 2 saturated heterocycles. The van der Waals surface area contributed by atoms with E-state index < -0.39 is 11.9 Å². The van der Waals surface area contributed by atoms with Crippen molar-refractivity contribution in [1.82, 2.24) is 9.80 Å². The van der Waals surface area contributed by atoms with Crippen molar-refractivity contribution in [3.8, 4) is 0 Å². The molecule has 1 N–H and O–H groups in total. The molecule has 0 spiro atoms. The van der Waals surface area contributed by atoms with E-state index in [4.69, 9.17) is 4.74 Å². The molecule has 2 amide bonds. The number of amides is 2. The van der Waals surface area contributed by atoms with Crippen LogP contribution in [0.5, 0.6) is 0 Å². The molecule has 2 heterocycles. The molecule has 3 unspecified atom stereocenters. The van der Waals surface area contributed by atoms with E-state index >= 15 is 0 Å². The molecular weight excluding hydrogens is 292 g/mol. The number of hydrogen-bond donors (Lipinski definition) is 1. The highest BCUT2D eigenvalue weighted by Gasteiger charge is 2.41. The summed E-state index contributed by atoms with van der Waals surface area (Å²) < 4.78 is 5.30. The second kappa shape index (κ2) is 7.35. The van der Waals surface area contributed by atoms with Gasteiger partial charge in [-0.05, 0) is 13.3 Å². The Hall–Kier alpha value is -0.950. The van der Waals surface area contributed by atoms with Crippen LogP contribution in [0.15, 0.2) is 0 Å². The van der Waals surface area contributed by atoms with E-state index in [0.29, 0.717) is 18.4 Å². The number of carbonyl (C=O) groups is 2. The predicted octanol–water partition coefficient (Wildman–Crippen LogP) is 1.36. The number of nitrogens with zero attached hydrogens (tertiary/aromatic N) is 2. The monoisotopic (exact) mass is 316 g/mol. The smallest absolute Gasteiger partial charge is 0.320 e. The van der Waals surface area contributed by atoms with E-state index in [1.165, 1.54) is 0 Å². The van der Waals surface area contributed by atoms with Crippen LogP contribution in [0.25, 0.3) is 0 Å². The highest BCUT2D eigenvalue weighted by atomic mass is 32.2. The second-order valence-electron chi connectivity index (χ2n) is 5.47. The molecule has 2 rings (SSSR count). The van der Waals surface area contributed by atoms with Crippen molar-refractivity contribution in [1.29, 1.82) is 0 Å². The standard InChI is InChI=1S/C14H24N2O4S/c1-3-10-7-15(5-6-21-10)14(19)16(4-2)12-9-20-8-11(12)13(17)18/h10-12H,3-9H2,1-2H3,(H,17,18). The number of aliphatic carboxylic acids is 1. The van der Waals surface area contributed by atoms with Gasteiger partial charge in [-0.2, -0.15) is 11.8 Å². The quantitative estimate of drug-likeness (QED) is 0.848. The van der Waals surface area contributed by atoms with Crippen LogP contribution in [0.3, 0.4) is 0 Å². The average molecular weight is 316 g/mol. The summed E-state index contributed by atoms with van der Waals surface area (Å²) in [6.45, 7) is 6.54. The van der Waals surface area contributed by atoms with Crippen LogP contribution < -0.4 is 0 Å². The van der Waals surface area contributed by atoms with Crippen molar-refractivity contribution in [3.05, 3.63) is 0 Å². The minimum absolute atomic E-state index is 0.0435. The first kappa shape index (κ1) is 16.4. The Morgan fingerprint density at radius 1 is 1.38 bits per heavy atom. The van der Waals surface area contributed by atoms with Crippen LogP contribution in [0.4, 0.5) is 4.79 Å². The van der Waals surface area contributed by atoms with E-state index in [1.807, 2.05) is 23.6 Å². The second-order valence-corrected chi connectivity index (χ2v) is 6.87. The molecule has 2 aliphatic rings. The molecule has 3 atom stereocenters. The summed E-state index contributed by atoms with van der Waals surface area (Å²) in [7, 11) is 0. The number of rotatable bonds is 4. The summed E-state index contributed by atoms with van der Waals surface area (Å²) >= 11 is 1.91. The van der Waals surface area contributed by atoms with Gasteiger partial charge in [0, 0.05) is 30.6 Å². The highest BCUT2D eigenvalue weighted by Crippen LogP contribution is 2.25. The molecule has 2 fully saturated rings. The first-order valence-electron chi connectivity index (χ1n) is 7.56. The largest absolute Gasteiger partial charge is 0.481 e. The number of hydrogen-bond acceptors (Lipinski definition) is 4. The van der Waals surface area contributed by atoms with E-state index in [-0.39, 0.29) is 18.7 Å². The van der Waals surface area contributed by atoms with Gasteiger partial charge in [-0.15, -0.1) is 0 Å². The van der Waals surface area contributed by atoms with Gasteiger partial charge in [0.25, 0.3) is 0 Å². The molecule has 0 saturated carbocycles. The maximum Gasteiger partial charge on any atom is 0.320 e. The van der Waals surface area contributed by atoms with Gasteiger partial charge in [-0.25, -0.2) is 4.79 Å². The number of carbonyl (C=O) groups excluding carboxylic acids is 1. The minimum atomic E-state index is -0.885. The fourth-order valence-electron chi connectivity index (χ4n) is 2.92. The number of thioether (sulfide) groups is 1. The first-order chi connectivity index (χ1) is 10.1. The third-order valence-corrected chi connectivity index (χ3v) is 5.59. The lowest BCUT2D eigenvalue weighted by molar-refractivity contribution is -0.142. The van der Waals surface area contributed by atoms with Crippen molar-refractivity contribution in [2.45, 2.75) is 31.6 Å². The van der Waals surface area contributed by atoms with Gasteiger partial charge in [0.05, 0.1) is 19.3 Å². The summed E-state index contributed by atoms with van der Waals surface area (Å²) in [4.78, 5) is 27.6. The molecule has 7 heteroatoms. The molecule has 0 aromatic heterocycles. The zero-order valence-corrected chi connectivity index (χ0v) is 13.5. The van der Waals surface area contributed by atoms with Gasteiger partial charge in [0.1, 0.15) is 5.92 Å². The maximum absolute atomic E-state index is 12.7. The Bertz CT molecular complexity index is 393. The summed E-state index contributed by atoms with van der Waals surface area (Å²) in [5.41, 5.74) is 0. The molecule has 2 aliphatic heterocycles. The van der Waals surface area contributed by atoms with Crippen molar-refractivity contribution in [2.75, 3.05) is 38.6 Å². The Labute approximate surface area is 129 Å². The Morgan fingerprint density at radius 3 is 2.76 bits per heavy atom. The number of carboxylic acid groups (broad SMARTS) is 1. The normalized spacial score (nSPS) is 29.4. The molecule has 120 valence electrons. The van der Waals surface area contributed by atoms with Crippen molar-refractivity contribution in [3.63, 3.8) is 0 Å². The van der Waals surface area contributed by atoms with Crippen LogP contribution in [-0.4, -0.2) is 76.8 Å². The minimum Gasteiger partial charge on any atom is -0.481 e. The van der Waals surface area contributed by atoms with Gasteiger partial charge in [0.15, 0.2) is 0 Å². The summed E-state index contributed by atoms with van der Waals surface area (Å²) in [6, 6.07) is -0.396. The van der Waals surface area contributed by atoms with Gasteiger partial charge < -0.3 is 19.6 Å². The van der Waals surface area contributed by atoms with Gasteiger partial charge in [-0.3, -0.25) is 4.79 Å². The van der Waals surface area contributed by atoms with E-state index in [1.54, 1.807) is 4.90 Å². The lowest BCUT2D eigenvalue weighted by Gasteiger charge is -2.38. The molecule has 21 heavy (non-hydrogen) atoms. The molecule has 0 aliphatic carbocycles. The Balaban J connectivity index is 2.06. The van der Waals surface area contributed by atoms with Crippen molar-refractivity contribution >= 4 is 23.8 Å². The number of ether oxygens (including phenoxy) is 1. The summed E-state index contributed by atoms with van der Waals surface area (Å²) in [5, 5.41) is 9.75. The van der Waals surface area contributed by atoms with Crippen LogP contribution in [0.2, 0.25) is 0 Å². The topological polar surface area (TPSA) is 70.1 Å². The SMILES string of the molecule is CCC1CN(C(=O)N(CC)C2COCC2C(=O)O)CCS1. The fourth-order valence-corrected chi connectivity index (χ4v) is 4.10. The molecule has 0 bridgehead atoms. The van der Waals surface area contributed by atoms with E-state index in [2.05, 4.69) is 6.92 Å².